The number of hydrogen-bond acceptors (Lipinski definition) is 3. The van der Waals surface area contributed by atoms with E-state index in [1.54, 1.807) is 24.4 Å². The summed E-state index contributed by atoms with van der Waals surface area (Å²) < 4.78 is 12.0. The zero-order valence-corrected chi connectivity index (χ0v) is 9.07. The molecule has 2 aromatic heterocycles. The quantitative estimate of drug-likeness (QED) is 0.773. The molecule has 0 bridgehead atoms. The monoisotopic (exact) mass is 218 g/mol. The summed E-state index contributed by atoms with van der Waals surface area (Å²) in [6.07, 6.45) is 1.63. The third-order valence-electron chi connectivity index (χ3n) is 1.88. The van der Waals surface area contributed by atoms with Crippen molar-refractivity contribution in [2.45, 2.75) is 17.0 Å². The minimum Gasteiger partial charge on any atom is -0.247 e. The molecule has 0 aliphatic heterocycles. The highest BCUT2D eigenvalue weighted by Crippen LogP contribution is 2.11. The van der Waals surface area contributed by atoms with Crippen LogP contribution in [0.5, 0.6) is 0 Å². The maximum atomic E-state index is 12.0. The second-order valence-corrected chi connectivity index (χ2v) is 4.43. The number of nitrogens with zero attached hydrogens (tertiary/aromatic N) is 2. The maximum absolute atomic E-state index is 12.0. The minimum absolute atomic E-state index is 0.538. The molecule has 1 atom stereocenters. The largest absolute Gasteiger partial charge is 0.247 e. The van der Waals surface area contributed by atoms with Crippen LogP contribution in [0.25, 0.3) is 0 Å². The maximum Gasteiger partial charge on any atom is 0.134 e. The number of hydrogen-bond donors (Lipinski definition) is 0. The first-order valence-electron chi connectivity index (χ1n) is 4.54. The Morgan fingerprint density at radius 2 is 1.87 bits per heavy atom. The molecule has 0 saturated heterocycles. The Kier molecular flexibility index (Phi) is 2.87. The van der Waals surface area contributed by atoms with Crippen LogP contribution >= 0.6 is 0 Å². The molecule has 0 fully saturated rings. The molecular formula is C11H10N2OS. The molecule has 1 unspecified atom stereocenters. The highest BCUT2D eigenvalue weighted by Gasteiger charge is 2.08. The van der Waals surface area contributed by atoms with Crippen LogP contribution in [-0.4, -0.2) is 14.2 Å². The Bertz CT molecular complexity index is 485. The summed E-state index contributed by atoms with van der Waals surface area (Å²) in [5.74, 6) is 0. The summed E-state index contributed by atoms with van der Waals surface area (Å²) in [5.41, 5.74) is 0.858. The van der Waals surface area contributed by atoms with Gasteiger partial charge in [-0.3, -0.25) is 0 Å². The SMILES string of the molecule is Cc1cccc(S(=O)c2ccccn2)n1. The minimum atomic E-state index is -1.28. The van der Waals surface area contributed by atoms with Crippen LogP contribution in [0.3, 0.4) is 0 Å². The van der Waals surface area contributed by atoms with Crippen molar-refractivity contribution in [1.29, 1.82) is 0 Å². The van der Waals surface area contributed by atoms with E-state index in [-0.39, 0.29) is 0 Å². The van der Waals surface area contributed by atoms with Gasteiger partial charge in [0.15, 0.2) is 0 Å². The predicted octanol–water partition coefficient (Wildman–Crippen LogP) is 1.95. The standard InChI is InChI=1S/C11H10N2OS/c1-9-5-4-7-11(13-9)15(14)10-6-2-3-8-12-10/h2-8H,1H3. The van der Waals surface area contributed by atoms with Gasteiger partial charge in [-0.15, -0.1) is 0 Å². The zero-order valence-electron chi connectivity index (χ0n) is 8.25. The van der Waals surface area contributed by atoms with Crippen molar-refractivity contribution in [3.8, 4) is 0 Å². The third kappa shape index (κ3) is 2.27. The van der Waals surface area contributed by atoms with E-state index >= 15 is 0 Å². The van der Waals surface area contributed by atoms with Crippen molar-refractivity contribution in [2.24, 2.45) is 0 Å². The molecule has 4 heteroatoms. The van der Waals surface area contributed by atoms with Gasteiger partial charge in [-0.2, -0.15) is 0 Å². The number of rotatable bonds is 2. The fourth-order valence-electron chi connectivity index (χ4n) is 1.19. The van der Waals surface area contributed by atoms with Crippen LogP contribution in [-0.2, 0) is 10.8 Å². The molecule has 0 aromatic carbocycles. The first kappa shape index (κ1) is 9.98. The van der Waals surface area contributed by atoms with E-state index in [0.29, 0.717) is 10.1 Å². The van der Waals surface area contributed by atoms with Gasteiger partial charge in [-0.25, -0.2) is 14.2 Å². The third-order valence-corrected chi connectivity index (χ3v) is 3.11. The van der Waals surface area contributed by atoms with Crippen molar-refractivity contribution < 1.29 is 4.21 Å². The van der Waals surface area contributed by atoms with Gasteiger partial charge in [-0.05, 0) is 31.2 Å². The second kappa shape index (κ2) is 4.31. The lowest BCUT2D eigenvalue weighted by atomic mass is 10.4. The van der Waals surface area contributed by atoms with Crippen molar-refractivity contribution in [3.05, 3.63) is 48.3 Å². The summed E-state index contributed by atoms with van der Waals surface area (Å²) in [6.45, 7) is 1.87. The zero-order chi connectivity index (χ0) is 10.7. The number of aryl methyl sites for hydroxylation is 1. The number of aromatic nitrogens is 2. The normalized spacial score (nSPS) is 12.3. The average molecular weight is 218 g/mol. The fraction of sp³-hybridized carbons (Fsp3) is 0.0909. The summed E-state index contributed by atoms with van der Waals surface area (Å²) in [4.78, 5) is 8.25. The molecule has 0 radical (unpaired) electrons. The topological polar surface area (TPSA) is 42.9 Å². The van der Waals surface area contributed by atoms with Crippen LogP contribution in [0.1, 0.15) is 5.69 Å². The Hall–Kier alpha value is -1.55. The molecule has 0 N–H and O–H groups in total. The Balaban J connectivity index is 2.37. The van der Waals surface area contributed by atoms with E-state index in [1.165, 1.54) is 0 Å². The Morgan fingerprint density at radius 1 is 1.07 bits per heavy atom. The first-order valence-corrected chi connectivity index (χ1v) is 5.69. The van der Waals surface area contributed by atoms with Crippen molar-refractivity contribution in [2.75, 3.05) is 0 Å². The smallest absolute Gasteiger partial charge is 0.134 e. The molecule has 2 rings (SSSR count). The Morgan fingerprint density at radius 3 is 2.53 bits per heavy atom. The molecule has 0 saturated carbocycles. The fourth-order valence-corrected chi connectivity index (χ4v) is 2.19. The molecule has 0 aliphatic carbocycles. The molecule has 0 spiro atoms. The average Bonchev–Trinajstić information content (AvgIpc) is 2.29. The van der Waals surface area contributed by atoms with Crippen LogP contribution in [0.4, 0.5) is 0 Å². The molecule has 0 amide bonds. The van der Waals surface area contributed by atoms with E-state index in [9.17, 15) is 4.21 Å². The van der Waals surface area contributed by atoms with E-state index in [0.717, 1.165) is 5.69 Å². The molecule has 3 nitrogen and oxygen atoms in total. The predicted molar refractivity (Wildman–Crippen MR) is 57.9 cm³/mol. The van der Waals surface area contributed by atoms with E-state index in [1.807, 2.05) is 25.1 Å². The van der Waals surface area contributed by atoms with Crippen molar-refractivity contribution >= 4 is 10.8 Å². The Labute approximate surface area is 90.7 Å². The lowest BCUT2D eigenvalue weighted by Gasteiger charge is -2.00. The van der Waals surface area contributed by atoms with Gasteiger partial charge in [0.25, 0.3) is 0 Å². The van der Waals surface area contributed by atoms with Gasteiger partial charge >= 0.3 is 0 Å². The van der Waals surface area contributed by atoms with Gasteiger partial charge in [0.1, 0.15) is 20.9 Å². The van der Waals surface area contributed by atoms with Gasteiger partial charge in [0, 0.05) is 11.9 Å². The van der Waals surface area contributed by atoms with E-state index < -0.39 is 10.8 Å². The molecule has 2 heterocycles. The highest BCUT2D eigenvalue weighted by molar-refractivity contribution is 7.84. The van der Waals surface area contributed by atoms with Crippen LogP contribution < -0.4 is 0 Å². The molecule has 0 aliphatic rings. The highest BCUT2D eigenvalue weighted by atomic mass is 32.2. The molecule has 2 aromatic rings. The van der Waals surface area contributed by atoms with Gasteiger partial charge in [0.2, 0.25) is 0 Å². The van der Waals surface area contributed by atoms with Gasteiger partial charge in [0.05, 0.1) is 0 Å². The lowest BCUT2D eigenvalue weighted by molar-refractivity contribution is 0.677. The summed E-state index contributed by atoms with van der Waals surface area (Å²) >= 11 is 0. The van der Waals surface area contributed by atoms with Crippen LogP contribution in [0, 0.1) is 6.92 Å². The summed E-state index contributed by atoms with van der Waals surface area (Å²) in [7, 11) is -1.28. The molecule has 15 heavy (non-hydrogen) atoms. The first-order chi connectivity index (χ1) is 7.27. The lowest BCUT2D eigenvalue weighted by Crippen LogP contribution is -1.98. The van der Waals surface area contributed by atoms with Gasteiger partial charge < -0.3 is 0 Å². The van der Waals surface area contributed by atoms with Crippen LogP contribution in [0.2, 0.25) is 0 Å². The van der Waals surface area contributed by atoms with E-state index in [4.69, 9.17) is 0 Å². The summed E-state index contributed by atoms with van der Waals surface area (Å²) in [5, 5.41) is 1.09. The summed E-state index contributed by atoms with van der Waals surface area (Å²) in [6, 6.07) is 10.8. The van der Waals surface area contributed by atoms with E-state index in [2.05, 4.69) is 9.97 Å². The second-order valence-electron chi connectivity index (χ2n) is 3.05. The number of pyridine rings is 2. The van der Waals surface area contributed by atoms with Gasteiger partial charge in [-0.1, -0.05) is 12.1 Å². The molecule has 76 valence electrons. The molecular weight excluding hydrogens is 208 g/mol. The van der Waals surface area contributed by atoms with Crippen molar-refractivity contribution in [1.82, 2.24) is 9.97 Å². The van der Waals surface area contributed by atoms with Crippen LogP contribution in [0.15, 0.2) is 52.6 Å². The van der Waals surface area contributed by atoms with Crippen molar-refractivity contribution in [3.63, 3.8) is 0 Å².